The summed E-state index contributed by atoms with van der Waals surface area (Å²) in [5, 5.41) is 12.7. The molecule has 0 unspecified atom stereocenters. The fraction of sp³-hybridized carbons (Fsp3) is 0.462. The Morgan fingerprint density at radius 2 is 2.12 bits per heavy atom. The standard InChI is InChI=1S/C13H15NO2/c15-12(16)13-7-6-10(14-13)8-11(13)9-4-2-1-3-5-9/h1-5,10-11,14H,6-8H2,(H,15,16)/t10-,11+,13+/m1/s1. The van der Waals surface area contributed by atoms with Gasteiger partial charge in [-0.2, -0.15) is 0 Å². The van der Waals surface area contributed by atoms with Crippen molar-refractivity contribution >= 4 is 5.97 Å². The summed E-state index contributed by atoms with van der Waals surface area (Å²) in [6.07, 6.45) is 2.71. The SMILES string of the molecule is O=C(O)[C@]12CC[C@H](C[C@H]1c1ccccc1)N2. The summed E-state index contributed by atoms with van der Waals surface area (Å²) < 4.78 is 0. The molecule has 2 N–H and O–H groups in total. The molecule has 3 heteroatoms. The van der Waals surface area contributed by atoms with Crippen LogP contribution >= 0.6 is 0 Å². The highest BCUT2D eigenvalue weighted by atomic mass is 16.4. The highest BCUT2D eigenvalue weighted by Gasteiger charge is 2.57. The average molecular weight is 217 g/mol. The van der Waals surface area contributed by atoms with Crippen LogP contribution in [0.1, 0.15) is 30.7 Å². The van der Waals surface area contributed by atoms with E-state index in [0.29, 0.717) is 6.04 Å². The van der Waals surface area contributed by atoms with E-state index in [1.807, 2.05) is 30.3 Å². The Kier molecular flexibility index (Phi) is 2.04. The monoisotopic (exact) mass is 217 g/mol. The lowest BCUT2D eigenvalue weighted by Gasteiger charge is -2.30. The molecule has 16 heavy (non-hydrogen) atoms. The van der Waals surface area contributed by atoms with Crippen LogP contribution in [0.25, 0.3) is 0 Å². The molecule has 2 saturated heterocycles. The van der Waals surface area contributed by atoms with E-state index in [9.17, 15) is 9.90 Å². The third kappa shape index (κ3) is 1.21. The molecule has 0 aliphatic carbocycles. The second-order valence-electron chi connectivity index (χ2n) is 4.86. The summed E-state index contributed by atoms with van der Waals surface area (Å²) in [6, 6.07) is 10.4. The maximum absolute atomic E-state index is 11.5. The number of fused-ring (bicyclic) bond motifs is 2. The summed E-state index contributed by atoms with van der Waals surface area (Å²) in [7, 11) is 0. The van der Waals surface area contributed by atoms with Gasteiger partial charge in [0.2, 0.25) is 0 Å². The fourth-order valence-electron chi connectivity index (χ4n) is 3.27. The number of hydrogen-bond acceptors (Lipinski definition) is 2. The van der Waals surface area contributed by atoms with Gasteiger partial charge in [0.05, 0.1) is 0 Å². The Balaban J connectivity index is 2.00. The molecule has 3 atom stereocenters. The first kappa shape index (κ1) is 9.85. The van der Waals surface area contributed by atoms with Gasteiger partial charge in [0.15, 0.2) is 0 Å². The molecule has 3 rings (SSSR count). The van der Waals surface area contributed by atoms with E-state index in [1.165, 1.54) is 0 Å². The van der Waals surface area contributed by atoms with E-state index >= 15 is 0 Å². The third-order valence-corrected chi connectivity index (χ3v) is 4.05. The molecule has 1 aromatic rings. The van der Waals surface area contributed by atoms with Crippen molar-refractivity contribution < 1.29 is 9.90 Å². The minimum Gasteiger partial charge on any atom is -0.480 e. The number of carboxylic acid groups (broad SMARTS) is 1. The van der Waals surface area contributed by atoms with Crippen molar-refractivity contribution in [3.8, 4) is 0 Å². The number of carboxylic acids is 1. The molecule has 2 heterocycles. The summed E-state index contributed by atoms with van der Waals surface area (Å²) in [5.74, 6) is -0.564. The highest BCUT2D eigenvalue weighted by molar-refractivity contribution is 5.82. The Morgan fingerprint density at radius 3 is 2.75 bits per heavy atom. The first-order valence-electron chi connectivity index (χ1n) is 5.78. The quantitative estimate of drug-likeness (QED) is 0.793. The van der Waals surface area contributed by atoms with Gasteiger partial charge >= 0.3 is 5.97 Å². The fourth-order valence-corrected chi connectivity index (χ4v) is 3.27. The van der Waals surface area contributed by atoms with Gasteiger partial charge < -0.3 is 5.11 Å². The summed E-state index contributed by atoms with van der Waals surface area (Å²) in [4.78, 5) is 11.5. The van der Waals surface area contributed by atoms with Gasteiger partial charge in [-0.25, -0.2) is 0 Å². The van der Waals surface area contributed by atoms with Crippen LogP contribution in [0.2, 0.25) is 0 Å². The molecule has 2 aliphatic heterocycles. The first-order valence-corrected chi connectivity index (χ1v) is 5.78. The van der Waals surface area contributed by atoms with Gasteiger partial charge in [-0.1, -0.05) is 30.3 Å². The second kappa shape index (κ2) is 3.32. The number of aliphatic carboxylic acids is 1. The summed E-state index contributed by atoms with van der Waals surface area (Å²) in [5.41, 5.74) is 0.450. The summed E-state index contributed by atoms with van der Waals surface area (Å²) in [6.45, 7) is 0. The lowest BCUT2D eigenvalue weighted by molar-refractivity contribution is -0.144. The Labute approximate surface area is 94.5 Å². The number of carbonyl (C=O) groups is 1. The number of nitrogens with one attached hydrogen (secondary N) is 1. The third-order valence-electron chi connectivity index (χ3n) is 4.05. The van der Waals surface area contributed by atoms with Crippen LogP contribution in [0.4, 0.5) is 0 Å². The Hall–Kier alpha value is -1.35. The molecule has 84 valence electrons. The highest BCUT2D eigenvalue weighted by Crippen LogP contribution is 2.47. The van der Waals surface area contributed by atoms with Crippen LogP contribution in [0.5, 0.6) is 0 Å². The predicted octanol–water partition coefficient (Wildman–Crippen LogP) is 1.75. The van der Waals surface area contributed by atoms with Gasteiger partial charge in [-0.3, -0.25) is 10.1 Å². The minimum atomic E-state index is -0.702. The predicted molar refractivity (Wildman–Crippen MR) is 60.3 cm³/mol. The topological polar surface area (TPSA) is 49.3 Å². The molecule has 0 radical (unpaired) electrons. The van der Waals surface area contributed by atoms with Crippen molar-refractivity contribution in [2.24, 2.45) is 0 Å². The van der Waals surface area contributed by atoms with Gasteiger partial charge in [0.25, 0.3) is 0 Å². The van der Waals surface area contributed by atoms with Crippen LogP contribution < -0.4 is 5.32 Å². The number of hydrogen-bond donors (Lipinski definition) is 2. The van der Waals surface area contributed by atoms with Crippen molar-refractivity contribution in [1.29, 1.82) is 0 Å². The molecule has 2 fully saturated rings. The second-order valence-corrected chi connectivity index (χ2v) is 4.86. The molecule has 0 amide bonds. The first-order chi connectivity index (χ1) is 7.72. The van der Waals surface area contributed by atoms with Gasteiger partial charge in [-0.15, -0.1) is 0 Å². The smallest absolute Gasteiger partial charge is 0.324 e. The van der Waals surface area contributed by atoms with E-state index < -0.39 is 11.5 Å². The molecular weight excluding hydrogens is 202 g/mol. The average Bonchev–Trinajstić information content (AvgIpc) is 2.89. The zero-order valence-electron chi connectivity index (χ0n) is 9.02. The number of rotatable bonds is 2. The normalized spacial score (nSPS) is 36.5. The maximum Gasteiger partial charge on any atom is 0.324 e. The Morgan fingerprint density at radius 1 is 1.38 bits per heavy atom. The summed E-state index contributed by atoms with van der Waals surface area (Å²) >= 11 is 0. The van der Waals surface area contributed by atoms with Crippen LogP contribution in [0, 0.1) is 0 Å². The van der Waals surface area contributed by atoms with Gasteiger partial charge in [0, 0.05) is 12.0 Å². The van der Waals surface area contributed by atoms with Crippen molar-refractivity contribution in [1.82, 2.24) is 5.32 Å². The zero-order valence-corrected chi connectivity index (χ0v) is 9.02. The van der Waals surface area contributed by atoms with Crippen LogP contribution in [-0.2, 0) is 4.79 Å². The van der Waals surface area contributed by atoms with E-state index in [0.717, 1.165) is 24.8 Å². The molecule has 0 spiro atoms. The molecule has 0 aromatic heterocycles. The van der Waals surface area contributed by atoms with Gasteiger partial charge in [-0.05, 0) is 24.8 Å². The van der Waals surface area contributed by atoms with Crippen molar-refractivity contribution in [3.05, 3.63) is 35.9 Å². The minimum absolute atomic E-state index is 0.130. The molecule has 0 saturated carbocycles. The number of benzene rings is 1. The van der Waals surface area contributed by atoms with E-state index in [-0.39, 0.29) is 5.92 Å². The largest absolute Gasteiger partial charge is 0.480 e. The van der Waals surface area contributed by atoms with Crippen molar-refractivity contribution in [2.45, 2.75) is 36.8 Å². The molecule has 1 aromatic carbocycles. The van der Waals surface area contributed by atoms with E-state index in [2.05, 4.69) is 5.32 Å². The van der Waals surface area contributed by atoms with Crippen molar-refractivity contribution in [3.63, 3.8) is 0 Å². The van der Waals surface area contributed by atoms with E-state index in [1.54, 1.807) is 0 Å². The van der Waals surface area contributed by atoms with Crippen LogP contribution in [0.3, 0.4) is 0 Å². The van der Waals surface area contributed by atoms with Crippen molar-refractivity contribution in [2.75, 3.05) is 0 Å². The Bertz CT molecular complexity index is 417. The lowest BCUT2D eigenvalue weighted by atomic mass is 9.74. The lowest BCUT2D eigenvalue weighted by Crippen LogP contribution is -2.48. The maximum atomic E-state index is 11.5. The van der Waals surface area contributed by atoms with Gasteiger partial charge in [0.1, 0.15) is 5.54 Å². The zero-order chi connectivity index (χ0) is 11.2. The van der Waals surface area contributed by atoms with Crippen LogP contribution in [0.15, 0.2) is 30.3 Å². The molecule has 3 nitrogen and oxygen atoms in total. The molecule has 2 bridgehead atoms. The molecule has 2 aliphatic rings. The van der Waals surface area contributed by atoms with E-state index in [4.69, 9.17) is 0 Å². The molecular formula is C13H15NO2. The van der Waals surface area contributed by atoms with Crippen LogP contribution in [-0.4, -0.2) is 22.7 Å².